The molecule has 7 nitrogen and oxygen atoms in total. The minimum Gasteiger partial charge on any atom is -0.495 e. The third-order valence-corrected chi connectivity index (χ3v) is 4.46. The van der Waals surface area contributed by atoms with E-state index in [0.717, 1.165) is 11.0 Å². The van der Waals surface area contributed by atoms with E-state index in [4.69, 9.17) is 23.6 Å². The molecule has 3 aromatic rings. The van der Waals surface area contributed by atoms with Crippen molar-refractivity contribution in [2.45, 2.75) is 32.8 Å². The number of fused-ring (bicyclic) bond motifs is 2. The minimum atomic E-state index is -0.735. The number of methoxy groups -OCH3 is 1. The zero-order valence-corrected chi connectivity index (χ0v) is 16.9. The zero-order chi connectivity index (χ0) is 21.0. The van der Waals surface area contributed by atoms with Crippen molar-refractivity contribution in [2.24, 2.45) is 0 Å². The molecule has 3 rings (SSSR count). The van der Waals surface area contributed by atoms with Gasteiger partial charge in [0.15, 0.2) is 11.2 Å². The van der Waals surface area contributed by atoms with Gasteiger partial charge in [0.25, 0.3) is 0 Å². The van der Waals surface area contributed by atoms with Crippen LogP contribution in [-0.2, 0) is 4.89 Å². The predicted molar refractivity (Wildman–Crippen MR) is 110 cm³/mol. The second kappa shape index (κ2) is 8.55. The standard InChI is InChI=1S/C22H24O7/c1-14(6-5-11-22(2,3)29-24)9-12-27-21-19-16(10-13-26-19)18(25-4)15-7-8-17(23)28-20(15)21/h5,7-11,13,24H,6,12H2,1-4H3/b11-5+,14-9+. The van der Waals surface area contributed by atoms with Gasteiger partial charge >= 0.3 is 5.63 Å². The third-order valence-electron chi connectivity index (χ3n) is 4.46. The smallest absolute Gasteiger partial charge is 0.336 e. The van der Waals surface area contributed by atoms with Gasteiger partial charge < -0.3 is 18.3 Å². The molecule has 0 radical (unpaired) electrons. The average Bonchev–Trinajstić information content (AvgIpc) is 3.17. The van der Waals surface area contributed by atoms with Gasteiger partial charge in [-0.15, -0.1) is 0 Å². The lowest BCUT2D eigenvalue weighted by Crippen LogP contribution is -2.18. The van der Waals surface area contributed by atoms with Crippen LogP contribution in [0.4, 0.5) is 0 Å². The summed E-state index contributed by atoms with van der Waals surface area (Å²) in [6, 6.07) is 4.77. The summed E-state index contributed by atoms with van der Waals surface area (Å²) >= 11 is 0. The topological polar surface area (TPSA) is 91.3 Å². The highest BCUT2D eigenvalue weighted by Gasteiger charge is 2.20. The molecule has 2 aromatic heterocycles. The molecule has 1 aromatic carbocycles. The lowest BCUT2D eigenvalue weighted by Gasteiger charge is -2.14. The fraction of sp³-hybridized carbons (Fsp3) is 0.318. The first-order chi connectivity index (χ1) is 13.9. The van der Waals surface area contributed by atoms with E-state index in [9.17, 15) is 4.79 Å². The Morgan fingerprint density at radius 2 is 1.93 bits per heavy atom. The van der Waals surface area contributed by atoms with Gasteiger partial charge in [0.05, 0.1) is 24.1 Å². The molecule has 0 amide bonds. The van der Waals surface area contributed by atoms with Crippen molar-refractivity contribution in [3.63, 3.8) is 0 Å². The van der Waals surface area contributed by atoms with Gasteiger partial charge in [0.2, 0.25) is 5.75 Å². The second-order valence-electron chi connectivity index (χ2n) is 7.19. The Bertz CT molecular complexity index is 1120. The molecule has 0 unspecified atom stereocenters. The van der Waals surface area contributed by atoms with Crippen LogP contribution in [0.1, 0.15) is 27.2 Å². The molecule has 0 aliphatic rings. The molecule has 154 valence electrons. The maximum atomic E-state index is 11.8. The van der Waals surface area contributed by atoms with E-state index in [1.807, 2.05) is 19.1 Å². The molecule has 2 heterocycles. The summed E-state index contributed by atoms with van der Waals surface area (Å²) in [5.74, 6) is 0.915. The number of hydrogen-bond acceptors (Lipinski definition) is 7. The van der Waals surface area contributed by atoms with Crippen molar-refractivity contribution in [1.82, 2.24) is 0 Å². The van der Waals surface area contributed by atoms with Crippen molar-refractivity contribution in [2.75, 3.05) is 13.7 Å². The Morgan fingerprint density at radius 3 is 2.66 bits per heavy atom. The number of allylic oxidation sites excluding steroid dienone is 2. The Kier molecular flexibility index (Phi) is 6.10. The molecule has 7 heteroatoms. The largest absolute Gasteiger partial charge is 0.495 e. The highest BCUT2D eigenvalue weighted by molar-refractivity contribution is 6.06. The monoisotopic (exact) mass is 400 g/mol. The maximum absolute atomic E-state index is 11.8. The number of hydrogen-bond donors (Lipinski definition) is 1. The normalized spacial score (nSPS) is 12.9. The van der Waals surface area contributed by atoms with Crippen molar-refractivity contribution in [3.8, 4) is 11.5 Å². The molecular formula is C22H24O7. The van der Waals surface area contributed by atoms with Crippen molar-refractivity contribution >= 4 is 21.9 Å². The molecule has 0 atom stereocenters. The van der Waals surface area contributed by atoms with E-state index in [2.05, 4.69) is 4.89 Å². The van der Waals surface area contributed by atoms with Gasteiger partial charge in [-0.2, -0.15) is 0 Å². The highest BCUT2D eigenvalue weighted by Crippen LogP contribution is 2.42. The number of ether oxygens (including phenoxy) is 2. The first-order valence-corrected chi connectivity index (χ1v) is 9.16. The molecule has 0 spiro atoms. The summed E-state index contributed by atoms with van der Waals surface area (Å²) in [7, 11) is 1.55. The fourth-order valence-corrected chi connectivity index (χ4v) is 2.94. The first-order valence-electron chi connectivity index (χ1n) is 9.16. The van der Waals surface area contributed by atoms with Crippen LogP contribution in [0, 0.1) is 0 Å². The van der Waals surface area contributed by atoms with Crippen LogP contribution in [-0.4, -0.2) is 24.6 Å². The first kappa shape index (κ1) is 20.7. The summed E-state index contributed by atoms with van der Waals surface area (Å²) in [4.78, 5) is 16.1. The molecule has 0 bridgehead atoms. The molecule has 0 saturated heterocycles. The summed E-state index contributed by atoms with van der Waals surface area (Å²) in [5.41, 5.74) is 0.577. The molecule has 0 aliphatic heterocycles. The van der Waals surface area contributed by atoms with Gasteiger partial charge in [-0.3, -0.25) is 5.26 Å². The van der Waals surface area contributed by atoms with Crippen molar-refractivity contribution < 1.29 is 28.5 Å². The van der Waals surface area contributed by atoms with Crippen molar-refractivity contribution in [3.05, 3.63) is 58.7 Å². The quantitative estimate of drug-likeness (QED) is 0.244. The van der Waals surface area contributed by atoms with Crippen LogP contribution in [0.25, 0.3) is 21.9 Å². The Morgan fingerprint density at radius 1 is 1.17 bits per heavy atom. The average molecular weight is 400 g/mol. The molecular weight excluding hydrogens is 376 g/mol. The van der Waals surface area contributed by atoms with Crippen LogP contribution in [0.3, 0.4) is 0 Å². The zero-order valence-electron chi connectivity index (χ0n) is 16.9. The number of rotatable bonds is 8. The van der Waals surface area contributed by atoms with Crippen LogP contribution in [0.5, 0.6) is 11.5 Å². The number of furan rings is 1. The Hall–Kier alpha value is -3.03. The van der Waals surface area contributed by atoms with E-state index in [1.54, 1.807) is 39.2 Å². The molecule has 1 N–H and O–H groups in total. The molecule has 0 saturated carbocycles. The Labute approximate surface area is 167 Å². The molecule has 29 heavy (non-hydrogen) atoms. The van der Waals surface area contributed by atoms with E-state index >= 15 is 0 Å². The fourth-order valence-electron chi connectivity index (χ4n) is 2.94. The van der Waals surface area contributed by atoms with Gasteiger partial charge in [-0.05, 0) is 45.4 Å². The van der Waals surface area contributed by atoms with E-state index < -0.39 is 11.2 Å². The van der Waals surface area contributed by atoms with E-state index in [-0.39, 0.29) is 12.2 Å². The summed E-state index contributed by atoms with van der Waals surface area (Å²) in [6.45, 7) is 5.73. The number of benzene rings is 1. The van der Waals surface area contributed by atoms with Crippen molar-refractivity contribution in [1.29, 1.82) is 0 Å². The summed E-state index contributed by atoms with van der Waals surface area (Å²) in [5, 5.41) is 10.2. The Balaban J connectivity index is 1.87. The van der Waals surface area contributed by atoms with Gasteiger partial charge in [0, 0.05) is 6.07 Å². The highest BCUT2D eigenvalue weighted by atomic mass is 17.1. The molecule has 0 aliphatic carbocycles. The predicted octanol–water partition coefficient (Wildman–Crippen LogP) is 5.09. The summed E-state index contributed by atoms with van der Waals surface area (Å²) in [6.07, 6.45) is 7.82. The SMILES string of the molecule is COc1c2ccoc2c(OC/C=C(\C)C/C=C/C(C)(C)OO)c2oc(=O)ccc12. The van der Waals surface area contributed by atoms with Crippen LogP contribution in [0.15, 0.2) is 61.9 Å². The van der Waals surface area contributed by atoms with E-state index in [0.29, 0.717) is 28.9 Å². The second-order valence-corrected chi connectivity index (χ2v) is 7.19. The minimum absolute atomic E-state index is 0.259. The lowest BCUT2D eigenvalue weighted by atomic mass is 10.1. The van der Waals surface area contributed by atoms with Crippen LogP contribution >= 0.6 is 0 Å². The lowest BCUT2D eigenvalue weighted by molar-refractivity contribution is -0.297. The third kappa shape index (κ3) is 4.52. The van der Waals surface area contributed by atoms with Crippen LogP contribution < -0.4 is 15.1 Å². The summed E-state index contributed by atoms with van der Waals surface area (Å²) < 4.78 is 22.4. The van der Waals surface area contributed by atoms with E-state index in [1.165, 1.54) is 12.3 Å². The van der Waals surface area contributed by atoms with Gasteiger partial charge in [0.1, 0.15) is 18.0 Å². The maximum Gasteiger partial charge on any atom is 0.336 e. The van der Waals surface area contributed by atoms with Gasteiger partial charge in [-0.1, -0.05) is 17.7 Å². The molecule has 0 fully saturated rings. The van der Waals surface area contributed by atoms with Gasteiger partial charge in [-0.25, -0.2) is 9.68 Å². The van der Waals surface area contributed by atoms with Crippen LogP contribution in [0.2, 0.25) is 0 Å².